The molecule has 0 spiro atoms. The molecule has 2 N–H and O–H groups in total. The lowest BCUT2D eigenvalue weighted by molar-refractivity contribution is -0.275. The molecule has 0 amide bonds. The number of oxime groups is 1. The van der Waals surface area contributed by atoms with Gasteiger partial charge in [-0.2, -0.15) is 13.2 Å². The first-order valence-electron chi connectivity index (χ1n) is 11.5. The van der Waals surface area contributed by atoms with E-state index in [1.54, 1.807) is 24.3 Å². The smallest absolute Gasteiger partial charge is 0.435 e. The molecule has 0 unspecified atom stereocenters. The molecule has 5 rings (SSSR count). The molecule has 0 saturated carbocycles. The van der Waals surface area contributed by atoms with Gasteiger partial charge in [0.25, 0.3) is 12.1 Å². The molecule has 0 radical (unpaired) electrons. The Labute approximate surface area is 227 Å². The van der Waals surface area contributed by atoms with Crippen molar-refractivity contribution < 1.29 is 32.6 Å². The largest absolute Gasteiger partial charge is 0.463 e. The second kappa shape index (κ2) is 11.3. The van der Waals surface area contributed by atoms with E-state index in [1.165, 1.54) is 18.2 Å². The van der Waals surface area contributed by atoms with E-state index in [2.05, 4.69) is 15.2 Å². The number of carbonyl (C=O) groups is 1. The van der Waals surface area contributed by atoms with Crippen molar-refractivity contribution >= 4 is 35.4 Å². The Balaban J connectivity index is 0.000000283. The number of alkyl halides is 3. The lowest BCUT2D eigenvalue weighted by Gasteiger charge is -2.38. The van der Waals surface area contributed by atoms with Crippen molar-refractivity contribution in [2.75, 3.05) is 13.1 Å². The van der Waals surface area contributed by atoms with Crippen LogP contribution in [0.3, 0.4) is 0 Å². The standard InChI is InChI=1S/C19H15Cl2F3N2O2.C8H8O2/c20-14-5-13(6-15(21)7-14)18(19(22,23)24)8-16(26-28-18)11-1-3-12(4-2-11)17(27)9-25-10-17;9-7-10-6-8-4-2-1-3-5-8/h1-7,25,27H,8-10H2;1-5,7H,6H2/t18-;/m1./s1. The van der Waals surface area contributed by atoms with Crippen molar-refractivity contribution in [3.63, 3.8) is 0 Å². The summed E-state index contributed by atoms with van der Waals surface area (Å²) in [7, 11) is 0. The van der Waals surface area contributed by atoms with Crippen molar-refractivity contribution in [1.29, 1.82) is 0 Å². The van der Waals surface area contributed by atoms with Gasteiger partial charge in [-0.25, -0.2) is 0 Å². The molecule has 2 heterocycles. The van der Waals surface area contributed by atoms with Crippen LogP contribution in [0.25, 0.3) is 0 Å². The van der Waals surface area contributed by atoms with Gasteiger partial charge in [0.2, 0.25) is 0 Å². The van der Waals surface area contributed by atoms with Gasteiger partial charge >= 0.3 is 6.18 Å². The van der Waals surface area contributed by atoms with E-state index in [0.29, 0.717) is 37.3 Å². The third kappa shape index (κ3) is 5.96. The van der Waals surface area contributed by atoms with E-state index < -0.39 is 23.8 Å². The summed E-state index contributed by atoms with van der Waals surface area (Å²) >= 11 is 11.8. The molecular weight excluding hydrogens is 544 g/mol. The first-order chi connectivity index (χ1) is 18.1. The fraction of sp³-hybridized carbons (Fsp3) is 0.259. The molecule has 11 heteroatoms. The topological polar surface area (TPSA) is 80.2 Å². The summed E-state index contributed by atoms with van der Waals surface area (Å²) in [6, 6.07) is 19.9. The summed E-state index contributed by atoms with van der Waals surface area (Å²) < 4.78 is 46.5. The van der Waals surface area contributed by atoms with Gasteiger partial charge in [-0.1, -0.05) is 83.0 Å². The summed E-state index contributed by atoms with van der Waals surface area (Å²) in [6.45, 7) is 1.68. The summed E-state index contributed by atoms with van der Waals surface area (Å²) in [4.78, 5) is 14.7. The van der Waals surface area contributed by atoms with E-state index in [0.717, 1.165) is 5.56 Å². The maximum atomic E-state index is 14.0. The highest BCUT2D eigenvalue weighted by atomic mass is 35.5. The van der Waals surface area contributed by atoms with Crippen molar-refractivity contribution in [3.05, 3.63) is 105 Å². The maximum absolute atomic E-state index is 14.0. The summed E-state index contributed by atoms with van der Waals surface area (Å²) in [6.07, 6.45) is -5.25. The molecule has 3 aromatic rings. The van der Waals surface area contributed by atoms with Crippen LogP contribution in [0.2, 0.25) is 10.0 Å². The van der Waals surface area contributed by atoms with Crippen molar-refractivity contribution in [1.82, 2.24) is 5.32 Å². The van der Waals surface area contributed by atoms with Crippen LogP contribution in [0.5, 0.6) is 0 Å². The van der Waals surface area contributed by atoms with Gasteiger partial charge in [-0.05, 0) is 34.9 Å². The Hall–Kier alpha value is -3.11. The van der Waals surface area contributed by atoms with Gasteiger partial charge in [0, 0.05) is 35.1 Å². The summed E-state index contributed by atoms with van der Waals surface area (Å²) in [5.41, 5.74) is -1.47. The number of nitrogens with one attached hydrogen (secondary N) is 1. The summed E-state index contributed by atoms with van der Waals surface area (Å²) in [5.74, 6) is 0. The number of benzene rings is 3. The van der Waals surface area contributed by atoms with Crippen LogP contribution in [0, 0.1) is 0 Å². The zero-order chi connectivity index (χ0) is 27.4. The van der Waals surface area contributed by atoms with Gasteiger partial charge in [0.1, 0.15) is 12.2 Å². The number of hydrogen-bond donors (Lipinski definition) is 2. The van der Waals surface area contributed by atoms with Crippen LogP contribution >= 0.6 is 23.2 Å². The van der Waals surface area contributed by atoms with E-state index in [1.807, 2.05) is 30.3 Å². The predicted molar refractivity (Wildman–Crippen MR) is 137 cm³/mol. The number of rotatable bonds is 6. The van der Waals surface area contributed by atoms with Gasteiger partial charge in [-0.3, -0.25) is 4.79 Å². The van der Waals surface area contributed by atoms with Gasteiger partial charge in [0.15, 0.2) is 0 Å². The highest BCUT2D eigenvalue weighted by Gasteiger charge is 2.62. The molecule has 0 aliphatic carbocycles. The first kappa shape index (κ1) is 27.9. The van der Waals surface area contributed by atoms with Crippen LogP contribution in [0.4, 0.5) is 13.2 Å². The van der Waals surface area contributed by atoms with Crippen LogP contribution in [0.15, 0.2) is 78.0 Å². The van der Waals surface area contributed by atoms with Gasteiger partial charge in [-0.15, -0.1) is 0 Å². The molecule has 1 atom stereocenters. The van der Waals surface area contributed by atoms with Crippen LogP contribution in [-0.4, -0.2) is 36.6 Å². The zero-order valence-corrected chi connectivity index (χ0v) is 21.4. The Kier molecular flexibility index (Phi) is 8.32. The average molecular weight is 567 g/mol. The molecule has 0 aromatic heterocycles. The Morgan fingerprint density at radius 1 is 1.00 bits per heavy atom. The molecule has 0 bridgehead atoms. The highest BCUT2D eigenvalue weighted by molar-refractivity contribution is 6.34. The van der Waals surface area contributed by atoms with E-state index in [4.69, 9.17) is 28.0 Å². The lowest BCUT2D eigenvalue weighted by atomic mass is 9.85. The van der Waals surface area contributed by atoms with Crippen molar-refractivity contribution in [2.45, 2.75) is 30.4 Å². The minimum Gasteiger partial charge on any atom is -0.463 e. The highest BCUT2D eigenvalue weighted by Crippen LogP contribution is 2.49. The summed E-state index contributed by atoms with van der Waals surface area (Å²) in [5, 5.41) is 17.2. The quantitative estimate of drug-likeness (QED) is 0.373. The molecule has 3 aromatic carbocycles. The van der Waals surface area contributed by atoms with E-state index >= 15 is 0 Å². The normalized spacial score (nSPS) is 19.8. The second-order valence-electron chi connectivity index (χ2n) is 8.89. The Morgan fingerprint density at radius 3 is 2.16 bits per heavy atom. The third-order valence-corrected chi connectivity index (χ3v) is 6.70. The van der Waals surface area contributed by atoms with E-state index in [-0.39, 0.29) is 21.3 Å². The lowest BCUT2D eigenvalue weighted by Crippen LogP contribution is -2.56. The molecule has 1 fully saturated rings. The van der Waals surface area contributed by atoms with E-state index in [9.17, 15) is 23.1 Å². The number of hydrogen-bond acceptors (Lipinski definition) is 6. The first-order valence-corrected chi connectivity index (χ1v) is 12.2. The van der Waals surface area contributed by atoms with Crippen LogP contribution in [0.1, 0.15) is 28.7 Å². The predicted octanol–water partition coefficient (Wildman–Crippen LogP) is 5.73. The number of nitrogens with zero attached hydrogens (tertiary/aromatic N) is 1. The van der Waals surface area contributed by atoms with Crippen molar-refractivity contribution in [3.8, 4) is 0 Å². The SMILES string of the molecule is O=COCc1ccccc1.OC1(c2ccc(C3=NO[C@](c4cc(Cl)cc(Cl)c4)(C(F)(F)F)C3)cc2)CNC1. The average Bonchev–Trinajstić information content (AvgIpc) is 3.34. The molecular formula is C27H23Cl2F3N2O4. The molecule has 1 saturated heterocycles. The minimum atomic E-state index is -4.74. The number of carbonyl (C=O) groups excluding carboxylic acids is 1. The van der Waals surface area contributed by atoms with Crippen LogP contribution < -0.4 is 5.32 Å². The molecule has 6 nitrogen and oxygen atoms in total. The fourth-order valence-corrected chi connectivity index (χ4v) is 4.61. The number of aliphatic hydroxyl groups is 1. The molecule has 2 aliphatic rings. The third-order valence-electron chi connectivity index (χ3n) is 6.27. The number of β-amino-alcohol motifs (C(OH)–C–C–N with tert-alkyl or cyclic N) is 1. The zero-order valence-electron chi connectivity index (χ0n) is 19.8. The minimum absolute atomic E-state index is 0.0786. The molecule has 2 aliphatic heterocycles. The molecule has 38 heavy (non-hydrogen) atoms. The Morgan fingerprint density at radius 2 is 1.63 bits per heavy atom. The monoisotopic (exact) mass is 566 g/mol. The van der Waals surface area contributed by atoms with Crippen molar-refractivity contribution in [2.24, 2.45) is 5.16 Å². The van der Waals surface area contributed by atoms with Gasteiger partial charge < -0.3 is 20.0 Å². The number of ether oxygens (including phenoxy) is 1. The second-order valence-corrected chi connectivity index (χ2v) is 9.77. The molecule has 200 valence electrons. The fourth-order valence-electron chi connectivity index (χ4n) is 4.09. The maximum Gasteiger partial charge on any atom is 0.435 e. The van der Waals surface area contributed by atoms with Crippen LogP contribution in [-0.2, 0) is 32.2 Å². The number of halogens is 5. The van der Waals surface area contributed by atoms with Gasteiger partial charge in [0.05, 0.1) is 5.71 Å². The Bertz CT molecular complexity index is 1280.